The van der Waals surface area contributed by atoms with Crippen LogP contribution in [-0.4, -0.2) is 48.5 Å². The average molecular weight is 383 g/mol. The van der Waals surface area contributed by atoms with Crippen LogP contribution in [-0.2, 0) is 10.0 Å². The zero-order chi connectivity index (χ0) is 18.7. The number of benzene rings is 1. The Morgan fingerprint density at radius 2 is 1.96 bits per heavy atom. The fraction of sp³-hybridized carbons (Fsp3) is 0.647. The summed E-state index contributed by atoms with van der Waals surface area (Å²) in [5, 5.41) is 23.7. The number of sulfonamides is 1. The summed E-state index contributed by atoms with van der Waals surface area (Å²) in [6.07, 6.45) is 5.17. The average Bonchev–Trinajstić information content (AvgIpc) is 3.28. The van der Waals surface area contributed by atoms with E-state index in [-0.39, 0.29) is 29.1 Å². The Balaban J connectivity index is 1.95. The van der Waals surface area contributed by atoms with Crippen molar-refractivity contribution in [2.75, 3.05) is 25.0 Å². The molecule has 1 saturated carbocycles. The highest BCUT2D eigenvalue weighted by molar-refractivity contribution is 7.89. The molecule has 0 radical (unpaired) electrons. The minimum Gasteiger partial charge on any atom is -0.396 e. The molecule has 2 atom stereocenters. The lowest BCUT2D eigenvalue weighted by Gasteiger charge is -2.24. The molecule has 2 N–H and O–H groups in total. The molecule has 2 aliphatic rings. The first kappa shape index (κ1) is 19.1. The molecule has 2 fully saturated rings. The van der Waals surface area contributed by atoms with Gasteiger partial charge in [0.1, 0.15) is 4.90 Å². The van der Waals surface area contributed by atoms with E-state index in [1.165, 1.54) is 16.4 Å². The van der Waals surface area contributed by atoms with Gasteiger partial charge in [0.25, 0.3) is 5.69 Å². The molecule has 0 aromatic heterocycles. The van der Waals surface area contributed by atoms with Gasteiger partial charge in [0.15, 0.2) is 0 Å². The number of nitro groups is 1. The predicted octanol–water partition coefficient (Wildman–Crippen LogP) is 2.34. The third kappa shape index (κ3) is 3.84. The Morgan fingerprint density at radius 3 is 2.62 bits per heavy atom. The number of nitro benzene ring substituents is 1. The zero-order valence-corrected chi connectivity index (χ0v) is 15.5. The number of rotatable bonds is 7. The van der Waals surface area contributed by atoms with E-state index < -0.39 is 14.9 Å². The van der Waals surface area contributed by atoms with Crippen molar-refractivity contribution in [1.82, 2.24) is 4.31 Å². The van der Waals surface area contributed by atoms with Gasteiger partial charge in [-0.05, 0) is 44.1 Å². The van der Waals surface area contributed by atoms with Crippen molar-refractivity contribution in [3.63, 3.8) is 0 Å². The summed E-state index contributed by atoms with van der Waals surface area (Å²) < 4.78 is 27.5. The summed E-state index contributed by atoms with van der Waals surface area (Å²) in [6, 6.07) is 4.05. The van der Waals surface area contributed by atoms with Crippen molar-refractivity contribution in [3.05, 3.63) is 28.3 Å². The van der Waals surface area contributed by atoms with Crippen LogP contribution in [0.15, 0.2) is 23.1 Å². The third-order valence-electron chi connectivity index (χ3n) is 5.36. The van der Waals surface area contributed by atoms with E-state index in [1.54, 1.807) is 0 Å². The summed E-state index contributed by atoms with van der Waals surface area (Å²) in [5.74, 6) is 0.275. The monoisotopic (exact) mass is 383 g/mol. The normalized spacial score (nSPS) is 24.0. The summed E-state index contributed by atoms with van der Waals surface area (Å²) in [6.45, 7) is 0.990. The Labute approximate surface area is 153 Å². The number of aliphatic hydroxyl groups excluding tert-OH is 1. The van der Waals surface area contributed by atoms with E-state index in [0.29, 0.717) is 25.2 Å². The van der Waals surface area contributed by atoms with Crippen LogP contribution < -0.4 is 5.32 Å². The smallest absolute Gasteiger partial charge is 0.270 e. The van der Waals surface area contributed by atoms with Gasteiger partial charge in [0.05, 0.1) is 10.6 Å². The van der Waals surface area contributed by atoms with E-state index >= 15 is 0 Å². The van der Waals surface area contributed by atoms with Crippen molar-refractivity contribution >= 4 is 21.4 Å². The van der Waals surface area contributed by atoms with Gasteiger partial charge in [-0.1, -0.05) is 6.42 Å². The molecule has 1 aromatic carbocycles. The summed E-state index contributed by atoms with van der Waals surface area (Å²) >= 11 is 0. The molecule has 0 bridgehead atoms. The maximum atomic E-state index is 13.0. The molecule has 26 heavy (non-hydrogen) atoms. The van der Waals surface area contributed by atoms with Crippen molar-refractivity contribution < 1.29 is 18.4 Å². The van der Waals surface area contributed by atoms with Crippen LogP contribution in [0.3, 0.4) is 0 Å². The zero-order valence-electron chi connectivity index (χ0n) is 14.6. The first-order valence-electron chi connectivity index (χ1n) is 9.09. The summed E-state index contributed by atoms with van der Waals surface area (Å²) in [5.41, 5.74) is 0.184. The number of anilines is 1. The molecule has 9 heteroatoms. The molecule has 1 heterocycles. The quantitative estimate of drug-likeness (QED) is 0.552. The molecule has 1 aliphatic carbocycles. The molecule has 2 unspecified atom stereocenters. The van der Waals surface area contributed by atoms with Crippen LogP contribution in [0.25, 0.3) is 0 Å². The Morgan fingerprint density at radius 1 is 1.23 bits per heavy atom. The topological polar surface area (TPSA) is 113 Å². The van der Waals surface area contributed by atoms with Gasteiger partial charge >= 0.3 is 0 Å². The number of hydrogen-bond acceptors (Lipinski definition) is 6. The van der Waals surface area contributed by atoms with Crippen LogP contribution in [0.4, 0.5) is 11.4 Å². The first-order valence-corrected chi connectivity index (χ1v) is 10.5. The van der Waals surface area contributed by atoms with E-state index in [1.807, 2.05) is 0 Å². The lowest BCUT2D eigenvalue weighted by atomic mass is 10.00. The maximum absolute atomic E-state index is 13.0. The second-order valence-corrected chi connectivity index (χ2v) is 8.91. The SMILES string of the molecule is O=[N+]([O-])c1ccc(NC2CCCC2CCO)c(S(=O)(=O)N2CCCC2)c1. The molecule has 1 aliphatic heterocycles. The van der Waals surface area contributed by atoms with Gasteiger partial charge in [-0.25, -0.2) is 8.42 Å². The van der Waals surface area contributed by atoms with Crippen LogP contribution in [0.2, 0.25) is 0 Å². The molecule has 1 saturated heterocycles. The molecular formula is C17H25N3O5S. The van der Waals surface area contributed by atoms with E-state index in [4.69, 9.17) is 0 Å². The van der Waals surface area contributed by atoms with Gasteiger partial charge in [0, 0.05) is 37.9 Å². The number of non-ortho nitro benzene ring substituents is 1. The molecular weight excluding hydrogens is 358 g/mol. The number of aliphatic hydroxyl groups is 1. The molecule has 1 aromatic rings. The minimum atomic E-state index is -3.78. The number of nitrogens with zero attached hydrogens (tertiary/aromatic N) is 2. The van der Waals surface area contributed by atoms with E-state index in [2.05, 4.69) is 5.32 Å². The molecule has 144 valence electrons. The highest BCUT2D eigenvalue weighted by Gasteiger charge is 2.33. The fourth-order valence-corrected chi connectivity index (χ4v) is 5.65. The summed E-state index contributed by atoms with van der Waals surface area (Å²) in [4.78, 5) is 10.5. The number of hydrogen-bond donors (Lipinski definition) is 2. The van der Waals surface area contributed by atoms with Gasteiger partial charge < -0.3 is 10.4 Å². The van der Waals surface area contributed by atoms with E-state index in [9.17, 15) is 23.6 Å². The minimum absolute atomic E-state index is 0.0248. The maximum Gasteiger partial charge on any atom is 0.270 e. The standard InChI is InChI=1S/C17H25N3O5S/c21-11-8-13-4-3-5-15(13)18-16-7-6-14(20(22)23)12-17(16)26(24,25)19-9-1-2-10-19/h6-7,12-13,15,18,21H,1-5,8-11H2. The molecule has 0 amide bonds. The van der Waals surface area contributed by atoms with E-state index in [0.717, 1.165) is 38.2 Å². The Kier molecular flexibility index (Phi) is 5.79. The van der Waals surface area contributed by atoms with Crippen LogP contribution in [0, 0.1) is 16.0 Å². The molecule has 0 spiro atoms. The van der Waals surface area contributed by atoms with Crippen molar-refractivity contribution in [2.45, 2.75) is 49.5 Å². The molecule has 3 rings (SSSR count). The lowest BCUT2D eigenvalue weighted by molar-refractivity contribution is -0.385. The third-order valence-corrected chi connectivity index (χ3v) is 7.30. The van der Waals surface area contributed by atoms with Crippen molar-refractivity contribution in [3.8, 4) is 0 Å². The Hall–Kier alpha value is -1.71. The van der Waals surface area contributed by atoms with Crippen LogP contribution in [0.5, 0.6) is 0 Å². The highest BCUT2D eigenvalue weighted by Crippen LogP contribution is 2.35. The van der Waals surface area contributed by atoms with Crippen molar-refractivity contribution in [1.29, 1.82) is 0 Å². The predicted molar refractivity (Wildman–Crippen MR) is 97.5 cm³/mol. The first-order chi connectivity index (χ1) is 12.4. The van der Waals surface area contributed by atoms with Gasteiger partial charge in [0.2, 0.25) is 10.0 Å². The van der Waals surface area contributed by atoms with Gasteiger partial charge in [-0.2, -0.15) is 4.31 Å². The van der Waals surface area contributed by atoms with Crippen LogP contribution in [0.1, 0.15) is 38.5 Å². The second-order valence-electron chi connectivity index (χ2n) is 7.00. The van der Waals surface area contributed by atoms with Gasteiger partial charge in [-0.3, -0.25) is 10.1 Å². The molecule has 8 nitrogen and oxygen atoms in total. The second kappa shape index (κ2) is 7.89. The Bertz CT molecular complexity index is 762. The number of nitrogens with one attached hydrogen (secondary N) is 1. The van der Waals surface area contributed by atoms with Gasteiger partial charge in [-0.15, -0.1) is 0 Å². The van der Waals surface area contributed by atoms with Crippen LogP contribution >= 0.6 is 0 Å². The summed E-state index contributed by atoms with van der Waals surface area (Å²) in [7, 11) is -3.78. The lowest BCUT2D eigenvalue weighted by Crippen LogP contribution is -2.30. The largest absolute Gasteiger partial charge is 0.396 e. The highest BCUT2D eigenvalue weighted by atomic mass is 32.2. The van der Waals surface area contributed by atoms with Crippen molar-refractivity contribution in [2.24, 2.45) is 5.92 Å². The fourth-order valence-electron chi connectivity index (χ4n) is 3.96.